The summed E-state index contributed by atoms with van der Waals surface area (Å²) in [6.45, 7) is 5.94. The number of pyridine rings is 1. The first-order chi connectivity index (χ1) is 10.6. The summed E-state index contributed by atoms with van der Waals surface area (Å²) in [5, 5.41) is 10.6. The first-order valence-electron chi connectivity index (χ1n) is 7.66. The van der Waals surface area contributed by atoms with E-state index in [0.29, 0.717) is 34.7 Å². The van der Waals surface area contributed by atoms with E-state index in [9.17, 15) is 9.90 Å². The van der Waals surface area contributed by atoms with E-state index in [2.05, 4.69) is 20.9 Å². The van der Waals surface area contributed by atoms with Gasteiger partial charge in [0.15, 0.2) is 0 Å². The highest BCUT2D eigenvalue weighted by Crippen LogP contribution is 2.53. The molecule has 2 heterocycles. The summed E-state index contributed by atoms with van der Waals surface area (Å²) >= 11 is 9.92. The Morgan fingerprint density at radius 2 is 2.26 bits per heavy atom. The molecule has 0 saturated heterocycles. The Labute approximate surface area is 149 Å². The number of ether oxygens (including phenoxy) is 1. The van der Waals surface area contributed by atoms with Crippen LogP contribution < -0.4 is 4.90 Å². The smallest absolute Gasteiger partial charge is 0.416 e. The second kappa shape index (κ2) is 5.60. The first-order valence-corrected chi connectivity index (χ1v) is 8.83. The van der Waals surface area contributed by atoms with E-state index < -0.39 is 11.7 Å². The van der Waals surface area contributed by atoms with Gasteiger partial charge in [0.05, 0.1) is 15.6 Å². The topological polar surface area (TPSA) is 62.7 Å². The lowest BCUT2D eigenvalue weighted by Crippen LogP contribution is -2.39. The Hall–Kier alpha value is -0.850. The van der Waals surface area contributed by atoms with Crippen molar-refractivity contribution in [1.82, 2.24) is 4.98 Å². The summed E-state index contributed by atoms with van der Waals surface area (Å²) in [4.78, 5) is 18.5. The summed E-state index contributed by atoms with van der Waals surface area (Å²) in [6, 6.07) is 0. The fourth-order valence-electron chi connectivity index (χ4n) is 3.52. The van der Waals surface area contributed by atoms with Crippen molar-refractivity contribution in [2.75, 3.05) is 11.4 Å². The van der Waals surface area contributed by atoms with Crippen LogP contribution in [0.3, 0.4) is 0 Å². The van der Waals surface area contributed by atoms with Crippen molar-refractivity contribution in [3.05, 3.63) is 21.3 Å². The largest absolute Gasteiger partial charge is 0.443 e. The number of amides is 1. The van der Waals surface area contributed by atoms with Crippen LogP contribution in [-0.2, 0) is 10.2 Å². The lowest BCUT2D eigenvalue weighted by atomic mass is 9.81. The number of hydrogen-bond acceptors (Lipinski definition) is 4. The molecule has 1 amide bonds. The number of hydrogen-bond donors (Lipinski definition) is 1. The number of carbonyl (C=O) groups excluding carboxylic acids is 1. The molecule has 1 fully saturated rings. The first kappa shape index (κ1) is 17.0. The van der Waals surface area contributed by atoms with Gasteiger partial charge in [0.1, 0.15) is 11.4 Å². The van der Waals surface area contributed by atoms with E-state index >= 15 is 0 Å². The molecular weight excluding hydrogens is 384 g/mol. The van der Waals surface area contributed by atoms with Crippen molar-refractivity contribution in [3.63, 3.8) is 0 Å². The average molecular weight is 404 g/mol. The van der Waals surface area contributed by atoms with Crippen LogP contribution in [0.15, 0.2) is 10.7 Å². The van der Waals surface area contributed by atoms with Gasteiger partial charge in [-0.05, 0) is 56.0 Å². The van der Waals surface area contributed by atoms with Crippen LogP contribution in [0.1, 0.15) is 45.6 Å². The monoisotopic (exact) mass is 402 g/mol. The second-order valence-corrected chi connectivity index (χ2v) is 8.59. The van der Waals surface area contributed by atoms with Crippen LogP contribution >= 0.6 is 27.5 Å². The summed E-state index contributed by atoms with van der Waals surface area (Å²) in [7, 11) is 0. The number of nitrogens with zero attached hydrogens (tertiary/aromatic N) is 2. The van der Waals surface area contributed by atoms with Crippen molar-refractivity contribution >= 4 is 39.4 Å². The van der Waals surface area contributed by atoms with E-state index in [1.54, 1.807) is 11.1 Å². The van der Waals surface area contributed by atoms with Gasteiger partial charge >= 0.3 is 6.09 Å². The maximum Gasteiger partial charge on any atom is 0.416 e. The molecule has 23 heavy (non-hydrogen) atoms. The molecule has 0 bridgehead atoms. The van der Waals surface area contributed by atoms with Crippen LogP contribution in [0.25, 0.3) is 0 Å². The molecule has 1 aromatic heterocycles. The summed E-state index contributed by atoms with van der Waals surface area (Å²) < 4.78 is 6.21. The molecule has 3 rings (SSSR count). The third-order valence-electron chi connectivity index (χ3n) is 4.40. The van der Waals surface area contributed by atoms with Crippen LogP contribution in [-0.4, -0.2) is 34.4 Å². The van der Waals surface area contributed by atoms with Crippen LogP contribution in [0.5, 0.6) is 0 Å². The fourth-order valence-corrected chi connectivity index (χ4v) is 4.16. The molecule has 126 valence electrons. The van der Waals surface area contributed by atoms with Crippen molar-refractivity contribution in [1.29, 1.82) is 0 Å². The minimum absolute atomic E-state index is 0.348. The van der Waals surface area contributed by atoms with Crippen molar-refractivity contribution in [2.24, 2.45) is 0 Å². The third-order valence-corrected chi connectivity index (χ3v) is 5.62. The molecule has 1 N–H and O–H groups in total. The van der Waals surface area contributed by atoms with Crippen LogP contribution in [0.2, 0.25) is 5.02 Å². The Bertz CT molecular complexity index is 661. The average Bonchev–Trinajstić information content (AvgIpc) is 2.94. The summed E-state index contributed by atoms with van der Waals surface area (Å²) in [6.07, 6.45) is 2.85. The molecule has 1 aromatic rings. The fraction of sp³-hybridized carbons (Fsp3) is 0.625. The van der Waals surface area contributed by atoms with E-state index in [1.165, 1.54) is 0 Å². The Morgan fingerprint density at radius 1 is 1.57 bits per heavy atom. The van der Waals surface area contributed by atoms with Crippen LogP contribution in [0.4, 0.5) is 10.6 Å². The van der Waals surface area contributed by atoms with Gasteiger partial charge in [-0.15, -0.1) is 0 Å². The molecule has 1 aliphatic heterocycles. The second-order valence-electron chi connectivity index (χ2n) is 7.36. The molecule has 2 aliphatic rings. The highest BCUT2D eigenvalue weighted by Gasteiger charge is 2.52. The minimum atomic E-state index is -0.582. The molecule has 1 aliphatic carbocycles. The van der Waals surface area contributed by atoms with E-state index in [4.69, 9.17) is 16.3 Å². The normalized spacial score (nSPS) is 26.7. The maximum absolute atomic E-state index is 12.6. The Balaban J connectivity index is 2.05. The van der Waals surface area contributed by atoms with E-state index in [0.717, 1.165) is 12.0 Å². The predicted octanol–water partition coefficient (Wildman–Crippen LogP) is 4.04. The van der Waals surface area contributed by atoms with Crippen molar-refractivity contribution in [3.8, 4) is 0 Å². The Morgan fingerprint density at radius 3 is 2.83 bits per heavy atom. The number of aliphatic hydroxyl groups is 1. The highest BCUT2D eigenvalue weighted by molar-refractivity contribution is 9.10. The van der Waals surface area contributed by atoms with Crippen molar-refractivity contribution < 1.29 is 14.6 Å². The summed E-state index contributed by atoms with van der Waals surface area (Å²) in [5.41, 5.74) is -0.0862. The molecule has 5 nitrogen and oxygen atoms in total. The number of halogens is 2. The van der Waals surface area contributed by atoms with Gasteiger partial charge in [0.25, 0.3) is 0 Å². The molecule has 2 atom stereocenters. The standard InChI is InChI=1S/C16H20BrClN2O3/c1-15(2,3)23-14(22)20-8-16(5-4-9(21)6-16)11-12(18)10(17)7-19-13(11)20/h7,9,21H,4-6,8H2,1-3H3. The number of fused-ring (bicyclic) bond motifs is 2. The zero-order valence-electron chi connectivity index (χ0n) is 13.4. The quantitative estimate of drug-likeness (QED) is 0.710. The lowest BCUT2D eigenvalue weighted by molar-refractivity contribution is 0.0575. The third kappa shape index (κ3) is 2.96. The molecule has 2 unspecified atom stereocenters. The zero-order valence-corrected chi connectivity index (χ0v) is 15.7. The number of aliphatic hydroxyl groups excluding tert-OH is 1. The number of carbonyl (C=O) groups is 1. The lowest BCUT2D eigenvalue weighted by Gasteiger charge is -2.27. The van der Waals surface area contributed by atoms with Gasteiger partial charge < -0.3 is 9.84 Å². The Kier molecular flexibility index (Phi) is 4.14. The maximum atomic E-state index is 12.6. The predicted molar refractivity (Wildman–Crippen MR) is 92.1 cm³/mol. The number of rotatable bonds is 0. The molecule has 1 saturated carbocycles. The van der Waals surface area contributed by atoms with E-state index in [-0.39, 0.29) is 11.5 Å². The van der Waals surface area contributed by atoms with E-state index in [1.807, 2.05) is 20.8 Å². The zero-order chi connectivity index (χ0) is 17.0. The number of aromatic nitrogens is 1. The number of anilines is 1. The summed E-state index contributed by atoms with van der Waals surface area (Å²) in [5.74, 6) is 0.543. The van der Waals surface area contributed by atoms with Gasteiger partial charge in [-0.25, -0.2) is 9.78 Å². The van der Waals surface area contributed by atoms with Gasteiger partial charge in [0, 0.05) is 23.7 Å². The SMILES string of the molecule is CC(C)(C)OC(=O)N1CC2(CCC(O)C2)c2c1ncc(Br)c2Cl. The highest BCUT2D eigenvalue weighted by atomic mass is 79.9. The van der Waals surface area contributed by atoms with Gasteiger partial charge in [-0.1, -0.05) is 11.6 Å². The molecule has 0 aromatic carbocycles. The molecule has 7 heteroatoms. The van der Waals surface area contributed by atoms with Gasteiger partial charge in [0.2, 0.25) is 0 Å². The minimum Gasteiger partial charge on any atom is -0.443 e. The van der Waals surface area contributed by atoms with Gasteiger partial charge in [-0.3, -0.25) is 4.90 Å². The molecular formula is C16H20BrClN2O3. The van der Waals surface area contributed by atoms with Crippen molar-refractivity contribution in [2.45, 2.75) is 57.2 Å². The molecule has 1 spiro atoms. The van der Waals surface area contributed by atoms with Gasteiger partial charge in [-0.2, -0.15) is 0 Å². The molecule has 0 radical (unpaired) electrons. The van der Waals surface area contributed by atoms with Crippen LogP contribution in [0, 0.1) is 0 Å².